The Bertz CT molecular complexity index is 184. The summed E-state index contributed by atoms with van der Waals surface area (Å²) in [5, 5.41) is 8.56. The highest BCUT2D eigenvalue weighted by molar-refractivity contribution is 5.68. The lowest BCUT2D eigenvalue weighted by Gasteiger charge is -2.18. The molecule has 0 aromatic carbocycles. The van der Waals surface area contributed by atoms with E-state index in [1.807, 2.05) is 11.9 Å². The zero-order valence-corrected chi connectivity index (χ0v) is 8.36. The van der Waals surface area contributed by atoms with Crippen molar-refractivity contribution in [3.05, 3.63) is 0 Å². The Morgan fingerprint density at radius 1 is 1.69 bits per heavy atom. The zero-order valence-electron chi connectivity index (χ0n) is 8.36. The Balaban J connectivity index is 2.20. The second kappa shape index (κ2) is 4.58. The number of carboxylic acids is 1. The third-order valence-electron chi connectivity index (χ3n) is 2.46. The topological polar surface area (TPSA) is 43.8 Å². The molecule has 0 saturated carbocycles. The minimum atomic E-state index is -0.742. The van der Waals surface area contributed by atoms with Crippen LogP contribution in [-0.2, 0) is 4.79 Å². The molecule has 1 fully saturated rings. The van der Waals surface area contributed by atoms with Gasteiger partial charge in [-0.1, -0.05) is 0 Å². The molecule has 1 heterocycles. The first kappa shape index (κ1) is 10.5. The van der Waals surface area contributed by atoms with Crippen LogP contribution in [0.15, 0.2) is 0 Å². The van der Waals surface area contributed by atoms with Gasteiger partial charge in [-0.05, 0) is 33.0 Å². The van der Waals surface area contributed by atoms with Gasteiger partial charge in [0.05, 0.1) is 6.54 Å². The monoisotopic (exact) mass is 186 g/mol. The summed E-state index contributed by atoms with van der Waals surface area (Å²) in [5.41, 5.74) is 0. The average molecular weight is 186 g/mol. The lowest BCUT2D eigenvalue weighted by molar-refractivity contribution is -0.138. The van der Waals surface area contributed by atoms with E-state index < -0.39 is 5.97 Å². The zero-order chi connectivity index (χ0) is 9.84. The molecule has 0 spiro atoms. The van der Waals surface area contributed by atoms with Crippen molar-refractivity contribution in [2.24, 2.45) is 5.92 Å². The summed E-state index contributed by atoms with van der Waals surface area (Å²) >= 11 is 0. The molecule has 0 aliphatic carbocycles. The van der Waals surface area contributed by atoms with Crippen LogP contribution in [0, 0.1) is 5.92 Å². The van der Waals surface area contributed by atoms with Crippen LogP contribution in [0.25, 0.3) is 0 Å². The smallest absolute Gasteiger partial charge is 0.317 e. The summed E-state index contributed by atoms with van der Waals surface area (Å²) in [6.07, 6.45) is 1.19. The standard InChI is InChI=1S/C9H18N2O2/c1-10-4-3-8(5-10)6-11(2)7-9(12)13/h8H,3-7H2,1-2H3,(H,12,13). The molecule has 1 unspecified atom stereocenters. The minimum absolute atomic E-state index is 0.153. The molecule has 1 aliphatic rings. The van der Waals surface area contributed by atoms with Gasteiger partial charge in [0, 0.05) is 13.1 Å². The van der Waals surface area contributed by atoms with Crippen molar-refractivity contribution in [3.8, 4) is 0 Å². The van der Waals surface area contributed by atoms with Crippen LogP contribution in [-0.4, -0.2) is 61.2 Å². The van der Waals surface area contributed by atoms with Crippen LogP contribution < -0.4 is 0 Å². The number of likely N-dealkylation sites (N-methyl/N-ethyl adjacent to an activating group) is 1. The van der Waals surface area contributed by atoms with Gasteiger partial charge in [-0.3, -0.25) is 9.69 Å². The van der Waals surface area contributed by atoms with E-state index in [0.717, 1.165) is 19.6 Å². The van der Waals surface area contributed by atoms with E-state index in [0.29, 0.717) is 5.92 Å². The molecule has 76 valence electrons. The Labute approximate surface area is 79.1 Å². The predicted molar refractivity (Wildman–Crippen MR) is 50.7 cm³/mol. The number of carboxylic acid groups (broad SMARTS) is 1. The summed E-state index contributed by atoms with van der Waals surface area (Å²) in [6, 6.07) is 0. The van der Waals surface area contributed by atoms with Gasteiger partial charge in [0.15, 0.2) is 0 Å². The van der Waals surface area contributed by atoms with Crippen molar-refractivity contribution in [2.75, 3.05) is 40.3 Å². The molecule has 1 N–H and O–H groups in total. The van der Waals surface area contributed by atoms with Gasteiger partial charge in [-0.2, -0.15) is 0 Å². The van der Waals surface area contributed by atoms with Gasteiger partial charge in [0.25, 0.3) is 0 Å². The van der Waals surface area contributed by atoms with Gasteiger partial charge in [-0.25, -0.2) is 0 Å². The third kappa shape index (κ3) is 3.74. The Morgan fingerprint density at radius 2 is 2.38 bits per heavy atom. The molecule has 1 aliphatic heterocycles. The van der Waals surface area contributed by atoms with Gasteiger partial charge in [-0.15, -0.1) is 0 Å². The highest BCUT2D eigenvalue weighted by Gasteiger charge is 2.21. The molecule has 0 aromatic rings. The lowest BCUT2D eigenvalue weighted by atomic mass is 10.1. The van der Waals surface area contributed by atoms with Crippen LogP contribution >= 0.6 is 0 Å². The predicted octanol–water partition coefficient (Wildman–Crippen LogP) is -0.0455. The van der Waals surface area contributed by atoms with Crippen LogP contribution in [0.3, 0.4) is 0 Å². The molecule has 0 bridgehead atoms. The maximum absolute atomic E-state index is 10.4. The molecule has 1 rings (SSSR count). The van der Waals surface area contributed by atoms with Crippen molar-refractivity contribution < 1.29 is 9.90 Å². The number of hydrogen-bond acceptors (Lipinski definition) is 3. The molecule has 13 heavy (non-hydrogen) atoms. The lowest BCUT2D eigenvalue weighted by Crippen LogP contribution is -2.31. The van der Waals surface area contributed by atoms with E-state index in [1.165, 1.54) is 6.42 Å². The fraction of sp³-hybridized carbons (Fsp3) is 0.889. The molecule has 1 saturated heterocycles. The van der Waals surface area contributed by atoms with Crippen LogP contribution in [0.4, 0.5) is 0 Å². The highest BCUT2D eigenvalue weighted by Crippen LogP contribution is 2.14. The molecular weight excluding hydrogens is 168 g/mol. The van der Waals surface area contributed by atoms with E-state index in [1.54, 1.807) is 0 Å². The van der Waals surface area contributed by atoms with Gasteiger partial charge in [0.1, 0.15) is 0 Å². The Morgan fingerprint density at radius 3 is 2.85 bits per heavy atom. The normalized spacial score (nSPS) is 24.1. The number of rotatable bonds is 4. The first-order valence-corrected chi connectivity index (χ1v) is 4.67. The van der Waals surface area contributed by atoms with Crippen molar-refractivity contribution >= 4 is 5.97 Å². The minimum Gasteiger partial charge on any atom is -0.480 e. The van der Waals surface area contributed by atoms with Crippen LogP contribution in [0.2, 0.25) is 0 Å². The number of carbonyl (C=O) groups is 1. The molecule has 0 radical (unpaired) electrons. The number of hydrogen-bond donors (Lipinski definition) is 1. The molecule has 4 heteroatoms. The first-order chi connectivity index (χ1) is 6.08. The molecule has 0 aromatic heterocycles. The molecule has 0 amide bonds. The van der Waals surface area contributed by atoms with E-state index in [9.17, 15) is 4.79 Å². The Hall–Kier alpha value is -0.610. The van der Waals surface area contributed by atoms with Crippen molar-refractivity contribution in [1.82, 2.24) is 9.80 Å². The van der Waals surface area contributed by atoms with Crippen molar-refractivity contribution in [2.45, 2.75) is 6.42 Å². The second-order valence-corrected chi connectivity index (χ2v) is 4.01. The third-order valence-corrected chi connectivity index (χ3v) is 2.46. The fourth-order valence-electron chi connectivity index (χ4n) is 1.91. The van der Waals surface area contributed by atoms with Crippen molar-refractivity contribution in [3.63, 3.8) is 0 Å². The highest BCUT2D eigenvalue weighted by atomic mass is 16.4. The maximum atomic E-state index is 10.4. The molecule has 1 atom stereocenters. The maximum Gasteiger partial charge on any atom is 0.317 e. The average Bonchev–Trinajstić information content (AvgIpc) is 2.33. The summed E-state index contributed by atoms with van der Waals surface area (Å²) in [4.78, 5) is 14.6. The van der Waals surface area contributed by atoms with Crippen LogP contribution in [0.1, 0.15) is 6.42 Å². The van der Waals surface area contributed by atoms with E-state index in [-0.39, 0.29) is 6.54 Å². The summed E-state index contributed by atoms with van der Waals surface area (Å²) in [6.45, 7) is 3.30. The fourth-order valence-corrected chi connectivity index (χ4v) is 1.91. The number of likely N-dealkylation sites (tertiary alicyclic amines) is 1. The first-order valence-electron chi connectivity index (χ1n) is 4.67. The van der Waals surface area contributed by atoms with E-state index in [4.69, 9.17) is 5.11 Å². The van der Waals surface area contributed by atoms with E-state index in [2.05, 4.69) is 11.9 Å². The summed E-state index contributed by atoms with van der Waals surface area (Å²) < 4.78 is 0. The SMILES string of the molecule is CN1CCC(CN(C)CC(=O)O)C1. The number of aliphatic carboxylic acids is 1. The molecule has 4 nitrogen and oxygen atoms in total. The van der Waals surface area contributed by atoms with Gasteiger partial charge in [0.2, 0.25) is 0 Å². The molecular formula is C9H18N2O2. The second-order valence-electron chi connectivity index (χ2n) is 4.01. The van der Waals surface area contributed by atoms with Gasteiger partial charge >= 0.3 is 5.97 Å². The van der Waals surface area contributed by atoms with Crippen molar-refractivity contribution in [1.29, 1.82) is 0 Å². The summed E-state index contributed by atoms with van der Waals surface area (Å²) in [5.74, 6) is -0.0943. The van der Waals surface area contributed by atoms with Crippen LogP contribution in [0.5, 0.6) is 0 Å². The van der Waals surface area contributed by atoms with Gasteiger partial charge < -0.3 is 10.0 Å². The van der Waals surface area contributed by atoms with E-state index >= 15 is 0 Å². The Kier molecular flexibility index (Phi) is 3.69. The largest absolute Gasteiger partial charge is 0.480 e. The summed E-state index contributed by atoms with van der Waals surface area (Å²) in [7, 11) is 3.98. The number of nitrogens with zero attached hydrogens (tertiary/aromatic N) is 2. The quantitative estimate of drug-likeness (QED) is 0.669.